The van der Waals surface area contributed by atoms with Gasteiger partial charge in [0.25, 0.3) is 0 Å². The Balaban J connectivity index is 1.99. The minimum absolute atomic E-state index is 0.736. The zero-order valence-electron chi connectivity index (χ0n) is 11.7. The van der Waals surface area contributed by atoms with E-state index >= 15 is 0 Å². The van der Waals surface area contributed by atoms with Crippen molar-refractivity contribution in [3.05, 3.63) is 58.7 Å². The number of fused-ring (bicyclic) bond motifs is 3. The van der Waals surface area contributed by atoms with Gasteiger partial charge in [-0.15, -0.1) is 0 Å². The van der Waals surface area contributed by atoms with E-state index in [1.807, 2.05) is 24.3 Å². The maximum absolute atomic E-state index is 6.27. The number of benzene rings is 2. The Labute approximate surface area is 131 Å². The molecule has 104 valence electrons. The third-order valence-corrected chi connectivity index (χ3v) is 5.21. The Morgan fingerprint density at radius 3 is 2.67 bits per heavy atom. The minimum Gasteiger partial charge on any atom is -0.290 e. The number of thiazole rings is 1. The predicted octanol–water partition coefficient (Wildman–Crippen LogP) is 5.49. The highest BCUT2D eigenvalue weighted by Gasteiger charge is 2.12. The van der Waals surface area contributed by atoms with Crippen LogP contribution in [0.3, 0.4) is 0 Å². The fraction of sp³-hybridized carbons (Fsp3) is 0.118. The summed E-state index contributed by atoms with van der Waals surface area (Å²) in [7, 11) is 0. The summed E-state index contributed by atoms with van der Waals surface area (Å²) in [6.45, 7) is 4.29. The van der Waals surface area contributed by atoms with Crippen molar-refractivity contribution in [2.24, 2.45) is 0 Å². The quantitative estimate of drug-likeness (QED) is 0.454. The minimum atomic E-state index is 0.736. The van der Waals surface area contributed by atoms with Crippen molar-refractivity contribution >= 4 is 38.1 Å². The lowest BCUT2D eigenvalue weighted by molar-refractivity contribution is 1.28. The molecule has 0 aliphatic heterocycles. The molecule has 0 aliphatic rings. The SMILES string of the molecule is Cc1cc2sc3nc(-c4ccccc4Cl)cn3c2cc1C. The van der Waals surface area contributed by atoms with Gasteiger partial charge in [0, 0.05) is 11.8 Å². The Morgan fingerprint density at radius 1 is 1.10 bits per heavy atom. The molecule has 0 saturated carbocycles. The Kier molecular flexibility index (Phi) is 2.81. The number of aromatic nitrogens is 2. The van der Waals surface area contributed by atoms with Gasteiger partial charge in [0.2, 0.25) is 0 Å². The van der Waals surface area contributed by atoms with Gasteiger partial charge in [0.15, 0.2) is 4.96 Å². The third kappa shape index (κ3) is 1.96. The molecule has 2 nitrogen and oxygen atoms in total. The summed E-state index contributed by atoms with van der Waals surface area (Å²) in [6.07, 6.45) is 2.07. The van der Waals surface area contributed by atoms with Crippen LogP contribution >= 0.6 is 22.9 Å². The molecular weight excluding hydrogens is 300 g/mol. The van der Waals surface area contributed by atoms with Gasteiger partial charge >= 0.3 is 0 Å². The molecule has 2 aromatic heterocycles. The normalized spacial score (nSPS) is 11.6. The molecule has 4 rings (SSSR count). The van der Waals surface area contributed by atoms with Crippen LogP contribution in [0.1, 0.15) is 11.1 Å². The first-order chi connectivity index (χ1) is 10.1. The number of hydrogen-bond acceptors (Lipinski definition) is 2. The smallest absolute Gasteiger partial charge is 0.195 e. The molecule has 21 heavy (non-hydrogen) atoms. The third-order valence-electron chi connectivity index (χ3n) is 3.86. The van der Waals surface area contributed by atoms with Gasteiger partial charge in [-0.05, 0) is 43.2 Å². The van der Waals surface area contributed by atoms with E-state index in [1.165, 1.54) is 21.3 Å². The van der Waals surface area contributed by atoms with Gasteiger partial charge in [-0.25, -0.2) is 4.98 Å². The van der Waals surface area contributed by atoms with E-state index in [1.54, 1.807) is 11.3 Å². The van der Waals surface area contributed by atoms with Crippen LogP contribution in [0.25, 0.3) is 26.4 Å². The number of hydrogen-bond donors (Lipinski definition) is 0. The first-order valence-corrected chi connectivity index (χ1v) is 7.97. The zero-order valence-corrected chi connectivity index (χ0v) is 13.3. The Morgan fingerprint density at radius 2 is 1.86 bits per heavy atom. The molecule has 4 heteroatoms. The first kappa shape index (κ1) is 12.9. The largest absolute Gasteiger partial charge is 0.290 e. The molecule has 0 atom stereocenters. The van der Waals surface area contributed by atoms with Crippen molar-refractivity contribution in [2.45, 2.75) is 13.8 Å². The Hall–Kier alpha value is -1.84. The first-order valence-electron chi connectivity index (χ1n) is 6.77. The topological polar surface area (TPSA) is 17.3 Å². The van der Waals surface area contributed by atoms with Gasteiger partial charge in [0.1, 0.15) is 0 Å². The van der Waals surface area contributed by atoms with Crippen LogP contribution in [0, 0.1) is 13.8 Å². The lowest BCUT2D eigenvalue weighted by Crippen LogP contribution is -1.83. The lowest BCUT2D eigenvalue weighted by Gasteiger charge is -2.00. The Bertz CT molecular complexity index is 981. The van der Waals surface area contributed by atoms with Gasteiger partial charge in [-0.2, -0.15) is 0 Å². The molecule has 0 spiro atoms. The van der Waals surface area contributed by atoms with Crippen molar-refractivity contribution in [3.8, 4) is 11.3 Å². The average Bonchev–Trinajstić information content (AvgIpc) is 2.99. The molecule has 0 amide bonds. The van der Waals surface area contributed by atoms with E-state index in [0.29, 0.717) is 0 Å². The van der Waals surface area contributed by atoms with Crippen molar-refractivity contribution < 1.29 is 0 Å². The van der Waals surface area contributed by atoms with Crippen LogP contribution in [-0.4, -0.2) is 9.38 Å². The van der Waals surface area contributed by atoms with Crippen LogP contribution in [0.5, 0.6) is 0 Å². The fourth-order valence-electron chi connectivity index (χ4n) is 2.55. The molecule has 0 N–H and O–H groups in total. The zero-order chi connectivity index (χ0) is 14.6. The second kappa shape index (κ2) is 4.58. The molecule has 0 fully saturated rings. The fourth-order valence-corrected chi connectivity index (χ4v) is 3.87. The van der Waals surface area contributed by atoms with E-state index < -0.39 is 0 Å². The standard InChI is InChI=1S/C17H13ClN2S/c1-10-7-15-16(8-11(10)2)21-17-19-14(9-20(15)17)12-5-3-4-6-13(12)18/h3-9H,1-2H3. The molecule has 0 bridgehead atoms. The number of halogens is 1. The summed E-state index contributed by atoms with van der Waals surface area (Å²) in [5.41, 5.74) is 5.73. The van der Waals surface area contributed by atoms with Crippen molar-refractivity contribution in [3.63, 3.8) is 0 Å². The number of rotatable bonds is 1. The predicted molar refractivity (Wildman–Crippen MR) is 90.5 cm³/mol. The number of imidazole rings is 1. The average molecular weight is 313 g/mol. The second-order valence-corrected chi connectivity index (χ2v) is 6.68. The monoisotopic (exact) mass is 312 g/mol. The van der Waals surface area contributed by atoms with E-state index in [9.17, 15) is 0 Å². The van der Waals surface area contributed by atoms with Crippen LogP contribution in [0.2, 0.25) is 5.02 Å². The van der Waals surface area contributed by atoms with Gasteiger partial charge < -0.3 is 0 Å². The molecular formula is C17H13ClN2S. The van der Waals surface area contributed by atoms with E-state index in [0.717, 1.165) is 21.2 Å². The summed E-state index contributed by atoms with van der Waals surface area (Å²) in [6, 6.07) is 12.3. The molecule has 0 saturated heterocycles. The van der Waals surface area contributed by atoms with Gasteiger partial charge in [-0.3, -0.25) is 4.40 Å². The maximum atomic E-state index is 6.27. The van der Waals surface area contributed by atoms with E-state index in [-0.39, 0.29) is 0 Å². The highest BCUT2D eigenvalue weighted by Crippen LogP contribution is 2.33. The van der Waals surface area contributed by atoms with Crippen LogP contribution in [-0.2, 0) is 0 Å². The van der Waals surface area contributed by atoms with Crippen LogP contribution in [0.15, 0.2) is 42.6 Å². The van der Waals surface area contributed by atoms with Gasteiger partial charge in [-0.1, -0.05) is 41.1 Å². The summed E-state index contributed by atoms with van der Waals surface area (Å²) in [5, 5.41) is 0.736. The van der Waals surface area contributed by atoms with Crippen LogP contribution < -0.4 is 0 Å². The van der Waals surface area contributed by atoms with Crippen molar-refractivity contribution in [1.29, 1.82) is 0 Å². The summed E-state index contributed by atoms with van der Waals surface area (Å²) >= 11 is 7.99. The summed E-state index contributed by atoms with van der Waals surface area (Å²) in [5.74, 6) is 0. The van der Waals surface area contributed by atoms with E-state index in [4.69, 9.17) is 16.6 Å². The van der Waals surface area contributed by atoms with Crippen molar-refractivity contribution in [2.75, 3.05) is 0 Å². The highest BCUT2D eigenvalue weighted by atomic mass is 35.5. The molecule has 2 aromatic carbocycles. The number of aryl methyl sites for hydroxylation is 2. The molecule has 0 aliphatic carbocycles. The molecule has 4 aromatic rings. The van der Waals surface area contributed by atoms with Gasteiger partial charge in [0.05, 0.1) is 20.9 Å². The molecule has 0 unspecified atom stereocenters. The lowest BCUT2D eigenvalue weighted by atomic mass is 10.1. The second-order valence-electron chi connectivity index (χ2n) is 5.26. The molecule has 0 radical (unpaired) electrons. The molecule has 2 heterocycles. The maximum Gasteiger partial charge on any atom is 0.195 e. The summed E-state index contributed by atoms with van der Waals surface area (Å²) < 4.78 is 3.43. The van der Waals surface area contributed by atoms with Crippen LogP contribution in [0.4, 0.5) is 0 Å². The summed E-state index contributed by atoms with van der Waals surface area (Å²) in [4.78, 5) is 5.74. The number of nitrogens with zero attached hydrogens (tertiary/aromatic N) is 2. The van der Waals surface area contributed by atoms with Crippen molar-refractivity contribution in [1.82, 2.24) is 9.38 Å². The highest BCUT2D eigenvalue weighted by molar-refractivity contribution is 7.23. The van der Waals surface area contributed by atoms with E-state index in [2.05, 4.69) is 36.6 Å².